The summed E-state index contributed by atoms with van der Waals surface area (Å²) in [5, 5.41) is 7.93. The largest absolute Gasteiger partial charge is 0.371 e. The van der Waals surface area contributed by atoms with E-state index in [1.165, 1.54) is 18.2 Å². The second-order valence-corrected chi connectivity index (χ2v) is 7.23. The second kappa shape index (κ2) is 6.55. The van der Waals surface area contributed by atoms with Crippen molar-refractivity contribution in [2.45, 2.75) is 5.54 Å². The summed E-state index contributed by atoms with van der Waals surface area (Å²) in [5.41, 5.74) is 0.974. The molecule has 2 aromatic heterocycles. The Hall–Kier alpha value is -2.57. The molecule has 8 heteroatoms. The zero-order chi connectivity index (χ0) is 19.2. The number of hydrogen-bond acceptors (Lipinski definition) is 3. The van der Waals surface area contributed by atoms with Crippen molar-refractivity contribution < 1.29 is 9.18 Å². The van der Waals surface area contributed by atoms with Crippen LogP contribution >= 0.6 is 23.2 Å². The van der Waals surface area contributed by atoms with Crippen LogP contribution in [0.4, 0.5) is 10.1 Å². The van der Waals surface area contributed by atoms with Gasteiger partial charge in [-0.25, -0.2) is 8.91 Å². The highest BCUT2D eigenvalue weighted by molar-refractivity contribution is 6.42. The van der Waals surface area contributed by atoms with Gasteiger partial charge < -0.3 is 10.2 Å². The molecule has 1 fully saturated rings. The molecule has 1 aliphatic rings. The zero-order valence-corrected chi connectivity index (χ0v) is 15.6. The number of hydrogen-bond donors (Lipinski definition) is 1. The highest BCUT2D eigenvalue weighted by atomic mass is 35.5. The Morgan fingerprint density at radius 2 is 2.04 bits per heavy atom. The standard InChI is InChI=1S/C19H15Cl2FN4O/c1-2-16(27)25-10-19(11-25,17-15(22)6-5-14(20)18(17)21)24-12-3-4-13-7-8-23-26(13)9-12/h2-9,24H,1,10-11H2. The third-order valence-electron chi connectivity index (χ3n) is 4.71. The number of benzene rings is 1. The van der Waals surface area contributed by atoms with E-state index in [2.05, 4.69) is 17.0 Å². The number of pyridine rings is 1. The smallest absolute Gasteiger partial charge is 0.246 e. The summed E-state index contributed by atoms with van der Waals surface area (Å²) in [5.74, 6) is -0.712. The number of nitrogens with zero attached hydrogens (tertiary/aromatic N) is 3. The Balaban J connectivity index is 1.77. The van der Waals surface area contributed by atoms with Crippen molar-refractivity contribution in [3.8, 4) is 0 Å². The molecule has 138 valence electrons. The number of likely N-dealkylation sites (tertiary alicyclic amines) is 1. The number of amides is 1. The molecule has 3 heterocycles. The van der Waals surface area contributed by atoms with Crippen LogP contribution in [0.1, 0.15) is 5.56 Å². The van der Waals surface area contributed by atoms with E-state index in [0.29, 0.717) is 5.69 Å². The molecule has 1 aromatic carbocycles. The highest BCUT2D eigenvalue weighted by Crippen LogP contribution is 2.43. The van der Waals surface area contributed by atoms with Gasteiger partial charge in [0.25, 0.3) is 0 Å². The van der Waals surface area contributed by atoms with Gasteiger partial charge in [0, 0.05) is 11.8 Å². The number of rotatable bonds is 4. The molecule has 0 unspecified atom stereocenters. The van der Waals surface area contributed by atoms with E-state index in [-0.39, 0.29) is 34.6 Å². The van der Waals surface area contributed by atoms with Crippen LogP contribution in [0, 0.1) is 5.82 Å². The molecule has 0 bridgehead atoms. The van der Waals surface area contributed by atoms with Gasteiger partial charge in [0.1, 0.15) is 11.4 Å². The Labute approximate surface area is 165 Å². The van der Waals surface area contributed by atoms with Crippen molar-refractivity contribution in [3.05, 3.63) is 76.8 Å². The minimum absolute atomic E-state index is 0.134. The van der Waals surface area contributed by atoms with E-state index in [0.717, 1.165) is 5.52 Å². The summed E-state index contributed by atoms with van der Waals surface area (Å²) in [6, 6.07) is 8.33. The molecule has 4 rings (SSSR count). The predicted octanol–water partition coefficient (Wildman–Crippen LogP) is 4.12. The van der Waals surface area contributed by atoms with Crippen molar-refractivity contribution >= 4 is 40.3 Å². The van der Waals surface area contributed by atoms with Crippen LogP contribution in [-0.4, -0.2) is 33.5 Å². The summed E-state index contributed by atoms with van der Waals surface area (Å²) in [7, 11) is 0. The Kier molecular flexibility index (Phi) is 4.32. The van der Waals surface area contributed by atoms with Crippen molar-refractivity contribution in [2.24, 2.45) is 0 Å². The van der Waals surface area contributed by atoms with Crippen LogP contribution in [0.25, 0.3) is 5.52 Å². The molecule has 1 aliphatic heterocycles. The summed E-state index contributed by atoms with van der Waals surface area (Å²) >= 11 is 12.5. The Bertz CT molecular complexity index is 1060. The van der Waals surface area contributed by atoms with Gasteiger partial charge in [-0.05, 0) is 36.4 Å². The average Bonchev–Trinajstić information content (AvgIpc) is 3.09. The van der Waals surface area contributed by atoms with Gasteiger partial charge >= 0.3 is 0 Å². The van der Waals surface area contributed by atoms with E-state index in [4.69, 9.17) is 23.2 Å². The molecular formula is C19H15Cl2FN4O. The average molecular weight is 405 g/mol. The zero-order valence-electron chi connectivity index (χ0n) is 14.1. The summed E-state index contributed by atoms with van der Waals surface area (Å²) in [6.45, 7) is 3.96. The minimum Gasteiger partial charge on any atom is -0.371 e. The van der Waals surface area contributed by atoms with Crippen LogP contribution in [0.5, 0.6) is 0 Å². The Morgan fingerprint density at radius 3 is 2.78 bits per heavy atom. The molecule has 0 aliphatic carbocycles. The molecule has 1 N–H and O–H groups in total. The lowest BCUT2D eigenvalue weighted by Crippen LogP contribution is -2.65. The quantitative estimate of drug-likeness (QED) is 0.525. The number of aromatic nitrogens is 2. The second-order valence-electron chi connectivity index (χ2n) is 6.44. The molecule has 1 saturated heterocycles. The molecular weight excluding hydrogens is 390 g/mol. The maximum absolute atomic E-state index is 14.7. The maximum atomic E-state index is 14.7. The van der Waals surface area contributed by atoms with Crippen LogP contribution in [0.15, 0.2) is 55.4 Å². The summed E-state index contributed by atoms with van der Waals surface area (Å²) in [4.78, 5) is 13.5. The van der Waals surface area contributed by atoms with Crippen LogP contribution in [0.3, 0.4) is 0 Å². The van der Waals surface area contributed by atoms with Gasteiger partial charge in [-0.1, -0.05) is 29.8 Å². The first kappa shape index (κ1) is 17.8. The van der Waals surface area contributed by atoms with Crippen molar-refractivity contribution in [1.82, 2.24) is 14.5 Å². The fraction of sp³-hybridized carbons (Fsp3) is 0.158. The van der Waals surface area contributed by atoms with Crippen molar-refractivity contribution in [2.75, 3.05) is 18.4 Å². The van der Waals surface area contributed by atoms with Gasteiger partial charge in [-0.15, -0.1) is 0 Å². The van der Waals surface area contributed by atoms with Gasteiger partial charge in [-0.2, -0.15) is 5.10 Å². The SMILES string of the molecule is C=CC(=O)N1CC(Nc2ccc3ccnn3c2)(c2c(F)ccc(Cl)c2Cl)C1. The number of fused-ring (bicyclic) bond motifs is 1. The lowest BCUT2D eigenvalue weighted by molar-refractivity contribution is -0.132. The topological polar surface area (TPSA) is 49.6 Å². The number of carbonyl (C=O) groups is 1. The normalized spacial score (nSPS) is 15.4. The van der Waals surface area contributed by atoms with E-state index >= 15 is 0 Å². The monoisotopic (exact) mass is 404 g/mol. The van der Waals surface area contributed by atoms with E-state index < -0.39 is 11.4 Å². The van der Waals surface area contributed by atoms with Gasteiger partial charge in [0.2, 0.25) is 5.91 Å². The number of nitrogens with one attached hydrogen (secondary N) is 1. The molecule has 1 amide bonds. The first-order chi connectivity index (χ1) is 12.9. The molecule has 0 spiro atoms. The number of halogens is 3. The molecule has 27 heavy (non-hydrogen) atoms. The molecule has 0 radical (unpaired) electrons. The molecule has 0 atom stereocenters. The maximum Gasteiger partial charge on any atom is 0.246 e. The Morgan fingerprint density at radius 1 is 1.26 bits per heavy atom. The van der Waals surface area contributed by atoms with Gasteiger partial charge in [-0.3, -0.25) is 4.79 Å². The molecule has 3 aromatic rings. The fourth-order valence-corrected chi connectivity index (χ4v) is 3.91. The van der Waals surface area contributed by atoms with Crippen LogP contribution in [-0.2, 0) is 10.3 Å². The van der Waals surface area contributed by atoms with Crippen LogP contribution in [0.2, 0.25) is 10.0 Å². The summed E-state index contributed by atoms with van der Waals surface area (Å²) < 4.78 is 16.4. The fourth-order valence-electron chi connectivity index (χ4n) is 3.42. The highest BCUT2D eigenvalue weighted by Gasteiger charge is 2.49. The van der Waals surface area contributed by atoms with Crippen molar-refractivity contribution in [1.29, 1.82) is 0 Å². The third-order valence-corrected chi connectivity index (χ3v) is 5.51. The first-order valence-electron chi connectivity index (χ1n) is 8.20. The minimum atomic E-state index is -0.911. The first-order valence-corrected chi connectivity index (χ1v) is 8.96. The van der Waals surface area contributed by atoms with Crippen molar-refractivity contribution in [3.63, 3.8) is 0 Å². The predicted molar refractivity (Wildman–Crippen MR) is 104 cm³/mol. The molecule has 0 saturated carbocycles. The molecule has 5 nitrogen and oxygen atoms in total. The van der Waals surface area contributed by atoms with Gasteiger partial charge in [0.15, 0.2) is 0 Å². The van der Waals surface area contributed by atoms with Gasteiger partial charge in [0.05, 0.1) is 40.5 Å². The van der Waals surface area contributed by atoms with Crippen LogP contribution < -0.4 is 5.32 Å². The summed E-state index contributed by atoms with van der Waals surface area (Å²) in [6.07, 6.45) is 4.72. The van der Waals surface area contributed by atoms with E-state index in [9.17, 15) is 9.18 Å². The van der Waals surface area contributed by atoms with E-state index in [1.807, 2.05) is 18.2 Å². The number of carbonyl (C=O) groups excluding carboxylic acids is 1. The third kappa shape index (κ3) is 2.95. The lowest BCUT2D eigenvalue weighted by Gasteiger charge is -2.51. The lowest BCUT2D eigenvalue weighted by atomic mass is 9.81. The number of anilines is 1. The van der Waals surface area contributed by atoms with E-state index in [1.54, 1.807) is 21.8 Å².